The highest BCUT2D eigenvalue weighted by molar-refractivity contribution is 7.15. The van der Waals surface area contributed by atoms with Crippen LogP contribution in [0.1, 0.15) is 5.01 Å². The van der Waals surface area contributed by atoms with Crippen molar-refractivity contribution in [1.29, 1.82) is 0 Å². The molecule has 3 nitrogen and oxygen atoms in total. The molecule has 0 unspecified atom stereocenters. The summed E-state index contributed by atoms with van der Waals surface area (Å²) in [5.41, 5.74) is 8.39. The van der Waals surface area contributed by atoms with E-state index in [0.717, 1.165) is 26.7 Å². The summed E-state index contributed by atoms with van der Waals surface area (Å²) in [5.74, 6) is -0.250. The third-order valence-corrected chi connectivity index (χ3v) is 4.01. The van der Waals surface area contributed by atoms with Gasteiger partial charge in [0.2, 0.25) is 0 Å². The monoisotopic (exact) mass is 285 g/mol. The topological polar surface area (TPSA) is 51.8 Å². The fourth-order valence-corrected chi connectivity index (χ4v) is 2.92. The average Bonchev–Trinajstić information content (AvgIpc) is 2.93. The van der Waals surface area contributed by atoms with E-state index in [2.05, 4.69) is 9.97 Å². The predicted octanol–water partition coefficient (Wildman–Crippen LogP) is 3.47. The van der Waals surface area contributed by atoms with Crippen LogP contribution < -0.4 is 5.73 Å². The van der Waals surface area contributed by atoms with Gasteiger partial charge in [0.25, 0.3) is 0 Å². The Morgan fingerprint density at radius 3 is 2.55 bits per heavy atom. The molecule has 0 aliphatic rings. The third-order valence-electron chi connectivity index (χ3n) is 2.89. The number of pyridine rings is 1. The molecular formula is C15H12FN3S. The normalized spacial score (nSPS) is 10.7. The van der Waals surface area contributed by atoms with E-state index in [1.807, 2.05) is 12.1 Å². The molecule has 0 fully saturated rings. The molecule has 0 aliphatic carbocycles. The Morgan fingerprint density at radius 2 is 1.90 bits per heavy atom. The number of benzene rings is 1. The Bertz CT molecular complexity index is 708. The van der Waals surface area contributed by atoms with Crippen LogP contribution in [0.2, 0.25) is 0 Å². The van der Waals surface area contributed by atoms with Crippen LogP contribution >= 0.6 is 11.3 Å². The molecule has 0 spiro atoms. The highest BCUT2D eigenvalue weighted by Crippen LogP contribution is 2.36. The van der Waals surface area contributed by atoms with Gasteiger partial charge >= 0.3 is 0 Å². The SMILES string of the molecule is NCc1nc(-c2cccnc2)c(-c2ccc(F)cc2)s1. The largest absolute Gasteiger partial charge is 0.325 e. The first-order valence-electron chi connectivity index (χ1n) is 6.14. The van der Waals surface area contributed by atoms with E-state index in [1.54, 1.807) is 24.5 Å². The third kappa shape index (κ3) is 2.45. The van der Waals surface area contributed by atoms with Gasteiger partial charge in [0.15, 0.2) is 0 Å². The molecule has 2 N–H and O–H groups in total. The molecule has 0 atom stereocenters. The fraction of sp³-hybridized carbons (Fsp3) is 0.0667. The number of hydrogen-bond donors (Lipinski definition) is 1. The second-order valence-corrected chi connectivity index (χ2v) is 5.32. The van der Waals surface area contributed by atoms with Gasteiger partial charge in [-0.1, -0.05) is 12.1 Å². The first-order valence-corrected chi connectivity index (χ1v) is 6.95. The maximum Gasteiger partial charge on any atom is 0.123 e. The first-order chi connectivity index (χ1) is 9.78. The molecule has 0 bridgehead atoms. The number of halogens is 1. The zero-order valence-electron chi connectivity index (χ0n) is 10.6. The van der Waals surface area contributed by atoms with Crippen LogP contribution in [0.15, 0.2) is 48.8 Å². The van der Waals surface area contributed by atoms with Crippen molar-refractivity contribution in [3.8, 4) is 21.7 Å². The number of rotatable bonds is 3. The molecule has 1 aromatic carbocycles. The summed E-state index contributed by atoms with van der Waals surface area (Å²) < 4.78 is 13.1. The number of aromatic nitrogens is 2. The second kappa shape index (κ2) is 5.48. The van der Waals surface area contributed by atoms with Gasteiger partial charge in [0.1, 0.15) is 10.8 Å². The van der Waals surface area contributed by atoms with Crippen molar-refractivity contribution in [2.45, 2.75) is 6.54 Å². The van der Waals surface area contributed by atoms with Crippen LogP contribution in [-0.2, 0) is 6.54 Å². The van der Waals surface area contributed by atoms with Crippen molar-refractivity contribution in [3.05, 3.63) is 59.6 Å². The lowest BCUT2D eigenvalue weighted by Crippen LogP contribution is -1.94. The van der Waals surface area contributed by atoms with Gasteiger partial charge in [-0.05, 0) is 29.8 Å². The van der Waals surface area contributed by atoms with Crippen LogP contribution in [-0.4, -0.2) is 9.97 Å². The molecule has 0 saturated heterocycles. The lowest BCUT2D eigenvalue weighted by Gasteiger charge is -2.02. The summed E-state index contributed by atoms with van der Waals surface area (Å²) in [6.45, 7) is 0.388. The quantitative estimate of drug-likeness (QED) is 0.801. The Labute approximate surface area is 119 Å². The minimum absolute atomic E-state index is 0.250. The summed E-state index contributed by atoms with van der Waals surface area (Å²) in [5, 5.41) is 0.850. The molecule has 0 aliphatic heterocycles. The zero-order valence-corrected chi connectivity index (χ0v) is 11.4. The molecule has 3 aromatic rings. The van der Waals surface area contributed by atoms with Crippen LogP contribution in [0.3, 0.4) is 0 Å². The molecule has 3 rings (SSSR count). The molecule has 0 saturated carbocycles. The van der Waals surface area contributed by atoms with Gasteiger partial charge in [0, 0.05) is 24.5 Å². The van der Waals surface area contributed by atoms with Crippen LogP contribution in [0.4, 0.5) is 4.39 Å². The Morgan fingerprint density at radius 1 is 1.10 bits per heavy atom. The highest BCUT2D eigenvalue weighted by Gasteiger charge is 2.14. The van der Waals surface area contributed by atoms with Crippen molar-refractivity contribution >= 4 is 11.3 Å². The number of nitrogens with two attached hydrogens (primary N) is 1. The molecule has 2 heterocycles. The Balaban J connectivity index is 2.15. The summed E-state index contributed by atoms with van der Waals surface area (Å²) in [4.78, 5) is 9.66. The summed E-state index contributed by atoms with van der Waals surface area (Å²) in [6.07, 6.45) is 3.49. The van der Waals surface area contributed by atoms with E-state index in [0.29, 0.717) is 6.54 Å². The molecule has 100 valence electrons. The van der Waals surface area contributed by atoms with Crippen LogP contribution in [0.25, 0.3) is 21.7 Å². The minimum atomic E-state index is -0.250. The van der Waals surface area contributed by atoms with E-state index in [-0.39, 0.29) is 5.82 Å². The Kier molecular flexibility index (Phi) is 3.54. The van der Waals surface area contributed by atoms with Gasteiger partial charge in [-0.25, -0.2) is 9.37 Å². The van der Waals surface area contributed by atoms with Crippen molar-refractivity contribution in [1.82, 2.24) is 9.97 Å². The first kappa shape index (κ1) is 12.9. The average molecular weight is 285 g/mol. The molecule has 20 heavy (non-hydrogen) atoms. The van der Waals surface area contributed by atoms with Crippen molar-refractivity contribution in [2.24, 2.45) is 5.73 Å². The van der Waals surface area contributed by atoms with Crippen molar-refractivity contribution in [2.75, 3.05) is 0 Å². The van der Waals surface area contributed by atoms with Gasteiger partial charge in [-0.3, -0.25) is 4.98 Å². The lowest BCUT2D eigenvalue weighted by molar-refractivity contribution is 0.628. The van der Waals surface area contributed by atoms with E-state index in [1.165, 1.54) is 23.5 Å². The van der Waals surface area contributed by atoms with Gasteiger partial charge < -0.3 is 5.73 Å². The van der Waals surface area contributed by atoms with E-state index >= 15 is 0 Å². The fourth-order valence-electron chi connectivity index (χ4n) is 1.95. The highest BCUT2D eigenvalue weighted by atomic mass is 32.1. The molecule has 2 aromatic heterocycles. The smallest absolute Gasteiger partial charge is 0.123 e. The van der Waals surface area contributed by atoms with Crippen molar-refractivity contribution < 1.29 is 4.39 Å². The Hall–Kier alpha value is -2.11. The maximum atomic E-state index is 13.1. The minimum Gasteiger partial charge on any atom is -0.325 e. The number of thiazole rings is 1. The molecular weight excluding hydrogens is 273 g/mol. The molecule has 0 radical (unpaired) electrons. The number of nitrogens with zero attached hydrogens (tertiary/aromatic N) is 2. The van der Waals surface area contributed by atoms with E-state index in [4.69, 9.17) is 5.73 Å². The van der Waals surface area contributed by atoms with E-state index < -0.39 is 0 Å². The maximum absolute atomic E-state index is 13.1. The van der Waals surface area contributed by atoms with Gasteiger partial charge in [0.05, 0.1) is 10.6 Å². The second-order valence-electron chi connectivity index (χ2n) is 4.24. The van der Waals surface area contributed by atoms with Gasteiger partial charge in [-0.2, -0.15) is 0 Å². The van der Waals surface area contributed by atoms with Gasteiger partial charge in [-0.15, -0.1) is 11.3 Å². The molecule has 5 heteroatoms. The summed E-state index contributed by atoms with van der Waals surface area (Å²) in [6, 6.07) is 10.2. The van der Waals surface area contributed by atoms with Crippen LogP contribution in [0.5, 0.6) is 0 Å². The lowest BCUT2D eigenvalue weighted by atomic mass is 10.1. The van der Waals surface area contributed by atoms with Crippen molar-refractivity contribution in [3.63, 3.8) is 0 Å². The zero-order chi connectivity index (χ0) is 13.9. The standard InChI is InChI=1S/C15H12FN3S/c16-12-5-3-10(4-6-12)15-14(19-13(8-17)20-15)11-2-1-7-18-9-11/h1-7,9H,8,17H2. The summed E-state index contributed by atoms with van der Waals surface area (Å²) >= 11 is 1.53. The van der Waals surface area contributed by atoms with E-state index in [9.17, 15) is 4.39 Å². The summed E-state index contributed by atoms with van der Waals surface area (Å²) in [7, 11) is 0. The molecule has 0 amide bonds. The van der Waals surface area contributed by atoms with Crippen LogP contribution in [0, 0.1) is 5.82 Å². The predicted molar refractivity (Wildman–Crippen MR) is 78.6 cm³/mol. The number of hydrogen-bond acceptors (Lipinski definition) is 4.